The van der Waals surface area contributed by atoms with Crippen LogP contribution in [0.15, 0.2) is 51.4 Å². The summed E-state index contributed by atoms with van der Waals surface area (Å²) >= 11 is 6.63. The number of carboxylic acids is 1. The van der Waals surface area contributed by atoms with Crippen LogP contribution in [0.2, 0.25) is 0 Å². The second-order valence-corrected chi connectivity index (χ2v) is 5.84. The summed E-state index contributed by atoms with van der Waals surface area (Å²) in [7, 11) is 0. The molecule has 0 saturated heterocycles. The Morgan fingerprint density at radius 1 is 1.00 bits per heavy atom. The van der Waals surface area contributed by atoms with E-state index in [0.717, 1.165) is 10.2 Å². The molecule has 0 aliphatic carbocycles. The van der Waals surface area contributed by atoms with E-state index in [-0.39, 0.29) is 12.2 Å². The maximum atomic E-state index is 11.1. The van der Waals surface area contributed by atoms with Crippen LogP contribution in [0.3, 0.4) is 0 Å². The van der Waals surface area contributed by atoms with Gasteiger partial charge in [-0.15, -0.1) is 0 Å². The molecule has 2 aromatic carbocycles. The second kappa shape index (κ2) is 7.47. The van der Waals surface area contributed by atoms with Crippen molar-refractivity contribution < 1.29 is 19.4 Å². The van der Waals surface area contributed by atoms with Crippen LogP contribution in [0.5, 0.6) is 11.5 Å². The number of para-hydroxylation sites is 1. The predicted molar refractivity (Wildman–Crippen MR) is 86.2 cm³/mol. The van der Waals surface area contributed by atoms with E-state index >= 15 is 0 Å². The van der Waals surface area contributed by atoms with Gasteiger partial charge in [0.15, 0.2) is 0 Å². The van der Waals surface area contributed by atoms with Crippen molar-refractivity contribution in [2.75, 3.05) is 13.2 Å². The van der Waals surface area contributed by atoms with E-state index in [0.29, 0.717) is 16.8 Å². The van der Waals surface area contributed by atoms with Gasteiger partial charge >= 0.3 is 5.97 Å². The third-order valence-corrected chi connectivity index (χ3v) is 3.76. The smallest absolute Gasteiger partial charge is 0.339 e. The number of hydrogen-bond acceptors (Lipinski definition) is 3. The van der Waals surface area contributed by atoms with E-state index in [1.807, 2.05) is 24.3 Å². The Morgan fingerprint density at radius 3 is 2.33 bits per heavy atom. The van der Waals surface area contributed by atoms with Crippen LogP contribution >= 0.6 is 31.9 Å². The van der Waals surface area contributed by atoms with Crippen molar-refractivity contribution >= 4 is 37.8 Å². The lowest BCUT2D eigenvalue weighted by molar-refractivity contribution is 0.0691. The normalized spacial score (nSPS) is 10.2. The maximum Gasteiger partial charge on any atom is 0.339 e. The van der Waals surface area contributed by atoms with Crippen LogP contribution in [0.4, 0.5) is 0 Å². The minimum absolute atomic E-state index is 0.119. The summed E-state index contributed by atoms with van der Waals surface area (Å²) in [5.41, 5.74) is 0.119. The van der Waals surface area contributed by atoms with Gasteiger partial charge in [0, 0.05) is 4.47 Å². The summed E-state index contributed by atoms with van der Waals surface area (Å²) in [5.74, 6) is 0.0110. The first-order chi connectivity index (χ1) is 10.1. The van der Waals surface area contributed by atoms with Crippen molar-refractivity contribution in [3.63, 3.8) is 0 Å². The molecule has 0 saturated carbocycles. The molecule has 0 spiro atoms. The van der Waals surface area contributed by atoms with Crippen molar-refractivity contribution in [2.45, 2.75) is 0 Å². The molecule has 0 aromatic heterocycles. The first kappa shape index (κ1) is 15.9. The van der Waals surface area contributed by atoms with Gasteiger partial charge in [-0.05, 0) is 52.3 Å². The second-order valence-electron chi connectivity index (χ2n) is 4.07. The van der Waals surface area contributed by atoms with Gasteiger partial charge in [0.2, 0.25) is 0 Å². The Kier molecular flexibility index (Phi) is 5.64. The van der Waals surface area contributed by atoms with Crippen molar-refractivity contribution in [3.8, 4) is 11.5 Å². The lowest BCUT2D eigenvalue weighted by Crippen LogP contribution is -2.11. The lowest BCUT2D eigenvalue weighted by Gasteiger charge is -2.11. The van der Waals surface area contributed by atoms with Gasteiger partial charge in [-0.25, -0.2) is 4.79 Å². The fourth-order valence-electron chi connectivity index (χ4n) is 1.66. The minimum atomic E-state index is -1.03. The summed E-state index contributed by atoms with van der Waals surface area (Å²) in [5, 5.41) is 9.11. The number of carboxylic acid groups (broad SMARTS) is 1. The van der Waals surface area contributed by atoms with Crippen LogP contribution < -0.4 is 9.47 Å². The number of carbonyl (C=O) groups is 1. The molecule has 0 atom stereocenters. The molecule has 0 aliphatic heterocycles. The molecule has 0 fully saturated rings. The van der Waals surface area contributed by atoms with Crippen LogP contribution in [-0.2, 0) is 0 Å². The summed E-state index contributed by atoms with van der Waals surface area (Å²) < 4.78 is 12.6. The summed E-state index contributed by atoms with van der Waals surface area (Å²) in [6.07, 6.45) is 0. The zero-order chi connectivity index (χ0) is 15.2. The van der Waals surface area contributed by atoms with Crippen molar-refractivity contribution in [1.82, 2.24) is 0 Å². The van der Waals surface area contributed by atoms with Crippen LogP contribution in [0, 0.1) is 0 Å². The molecule has 0 heterocycles. The van der Waals surface area contributed by atoms with E-state index in [1.54, 1.807) is 12.1 Å². The molecular weight excluding hydrogens is 404 g/mol. The Hall–Kier alpha value is -1.53. The first-order valence-corrected chi connectivity index (χ1v) is 7.69. The van der Waals surface area contributed by atoms with Crippen molar-refractivity contribution in [3.05, 3.63) is 57.0 Å². The van der Waals surface area contributed by atoms with Crippen molar-refractivity contribution in [1.29, 1.82) is 0 Å². The highest BCUT2D eigenvalue weighted by Gasteiger charge is 2.14. The average Bonchev–Trinajstić information content (AvgIpc) is 2.46. The Bertz CT molecular complexity index is 626. The largest absolute Gasteiger partial charge is 0.490 e. The number of aromatic carboxylic acids is 1. The Labute approximate surface area is 139 Å². The number of benzene rings is 2. The zero-order valence-corrected chi connectivity index (χ0v) is 14.1. The van der Waals surface area contributed by atoms with E-state index in [9.17, 15) is 4.79 Å². The van der Waals surface area contributed by atoms with E-state index in [2.05, 4.69) is 31.9 Å². The third-order valence-electron chi connectivity index (χ3n) is 2.61. The molecule has 0 aliphatic rings. The summed E-state index contributed by atoms with van der Waals surface area (Å²) in [6, 6.07) is 12.3. The SMILES string of the molecule is O=C(O)c1cccc(Br)c1OCCOc1ccc(Br)cc1. The highest BCUT2D eigenvalue weighted by atomic mass is 79.9. The van der Waals surface area contributed by atoms with E-state index < -0.39 is 5.97 Å². The van der Waals surface area contributed by atoms with Gasteiger partial charge < -0.3 is 14.6 Å². The molecule has 2 aromatic rings. The van der Waals surface area contributed by atoms with Gasteiger partial charge in [-0.1, -0.05) is 22.0 Å². The van der Waals surface area contributed by atoms with Crippen LogP contribution in [0.25, 0.3) is 0 Å². The number of ether oxygens (including phenoxy) is 2. The quantitative estimate of drug-likeness (QED) is 0.711. The Balaban J connectivity index is 1.92. The molecular formula is C15H12Br2O4. The summed E-state index contributed by atoms with van der Waals surface area (Å²) in [4.78, 5) is 11.1. The molecule has 2 rings (SSSR count). The first-order valence-electron chi connectivity index (χ1n) is 6.11. The summed E-state index contributed by atoms with van der Waals surface area (Å²) in [6.45, 7) is 0.570. The van der Waals surface area contributed by atoms with Crippen LogP contribution in [-0.4, -0.2) is 24.3 Å². The number of halogens is 2. The van der Waals surface area contributed by atoms with Gasteiger partial charge in [-0.2, -0.15) is 0 Å². The van der Waals surface area contributed by atoms with Gasteiger partial charge in [-0.3, -0.25) is 0 Å². The van der Waals surface area contributed by atoms with E-state index in [1.165, 1.54) is 6.07 Å². The van der Waals surface area contributed by atoms with Crippen molar-refractivity contribution in [2.24, 2.45) is 0 Å². The lowest BCUT2D eigenvalue weighted by atomic mass is 10.2. The molecule has 0 bridgehead atoms. The fraction of sp³-hybridized carbons (Fsp3) is 0.133. The molecule has 0 radical (unpaired) electrons. The maximum absolute atomic E-state index is 11.1. The number of hydrogen-bond donors (Lipinski definition) is 1. The van der Waals surface area contributed by atoms with Crippen LogP contribution in [0.1, 0.15) is 10.4 Å². The molecule has 110 valence electrons. The minimum Gasteiger partial charge on any atom is -0.490 e. The molecule has 6 heteroatoms. The molecule has 4 nitrogen and oxygen atoms in total. The molecule has 21 heavy (non-hydrogen) atoms. The van der Waals surface area contributed by atoms with Gasteiger partial charge in [0.1, 0.15) is 30.3 Å². The molecule has 0 amide bonds. The highest BCUT2D eigenvalue weighted by molar-refractivity contribution is 9.10. The molecule has 0 unspecified atom stereocenters. The third kappa shape index (κ3) is 4.47. The fourth-order valence-corrected chi connectivity index (χ4v) is 2.40. The van der Waals surface area contributed by atoms with Gasteiger partial charge in [0.05, 0.1) is 4.47 Å². The molecule has 1 N–H and O–H groups in total. The Morgan fingerprint density at radius 2 is 1.67 bits per heavy atom. The zero-order valence-electron chi connectivity index (χ0n) is 10.9. The average molecular weight is 416 g/mol. The monoisotopic (exact) mass is 414 g/mol. The topological polar surface area (TPSA) is 55.8 Å². The number of rotatable bonds is 6. The standard InChI is InChI=1S/C15H12Br2O4/c16-10-4-6-11(7-5-10)20-8-9-21-14-12(15(18)19)2-1-3-13(14)17/h1-7H,8-9H2,(H,18,19). The highest BCUT2D eigenvalue weighted by Crippen LogP contribution is 2.29. The predicted octanol–water partition coefficient (Wildman–Crippen LogP) is 4.37. The van der Waals surface area contributed by atoms with Gasteiger partial charge in [0.25, 0.3) is 0 Å². The van der Waals surface area contributed by atoms with E-state index in [4.69, 9.17) is 14.6 Å².